The van der Waals surface area contributed by atoms with E-state index in [0.29, 0.717) is 6.04 Å². The van der Waals surface area contributed by atoms with Gasteiger partial charge in [0.2, 0.25) is 0 Å². The second-order valence-electron chi connectivity index (χ2n) is 5.32. The smallest absolute Gasteiger partial charge is 0.0467 e. The molecule has 1 heterocycles. The van der Waals surface area contributed by atoms with Crippen LogP contribution in [0.2, 0.25) is 0 Å². The SMILES string of the molecule is c1ccc2c(c1)CCCC2NN1CCCCC1. The molecule has 1 saturated heterocycles. The fourth-order valence-corrected chi connectivity index (χ4v) is 3.13. The number of fused-ring (bicyclic) bond motifs is 1. The number of piperidine rings is 1. The lowest BCUT2D eigenvalue weighted by molar-refractivity contribution is 0.122. The Kier molecular flexibility index (Phi) is 3.44. The molecule has 0 radical (unpaired) electrons. The average molecular weight is 230 g/mol. The van der Waals surface area contributed by atoms with Crippen LogP contribution in [0, 0.1) is 0 Å². The van der Waals surface area contributed by atoms with Crippen LogP contribution in [0.4, 0.5) is 0 Å². The molecule has 2 heteroatoms. The molecule has 1 aromatic rings. The van der Waals surface area contributed by atoms with E-state index in [0.717, 1.165) is 0 Å². The highest BCUT2D eigenvalue weighted by Gasteiger charge is 2.22. The van der Waals surface area contributed by atoms with Crippen molar-refractivity contribution in [3.8, 4) is 0 Å². The van der Waals surface area contributed by atoms with Gasteiger partial charge in [0.05, 0.1) is 0 Å². The molecule has 1 fully saturated rings. The van der Waals surface area contributed by atoms with Gasteiger partial charge in [0.1, 0.15) is 0 Å². The Hall–Kier alpha value is -0.860. The Morgan fingerprint density at radius 3 is 2.71 bits per heavy atom. The first-order valence-corrected chi connectivity index (χ1v) is 7.02. The topological polar surface area (TPSA) is 15.3 Å². The third-order valence-corrected chi connectivity index (χ3v) is 4.06. The Morgan fingerprint density at radius 2 is 1.82 bits per heavy atom. The number of hydrogen-bond donors (Lipinski definition) is 1. The van der Waals surface area contributed by atoms with E-state index in [9.17, 15) is 0 Å². The van der Waals surface area contributed by atoms with Gasteiger partial charge in [-0.2, -0.15) is 0 Å². The molecule has 0 amide bonds. The number of aryl methyl sites for hydroxylation is 1. The second kappa shape index (κ2) is 5.19. The van der Waals surface area contributed by atoms with Gasteiger partial charge in [-0.1, -0.05) is 30.7 Å². The molecular formula is C15H22N2. The number of nitrogens with zero attached hydrogens (tertiary/aromatic N) is 1. The molecule has 1 aliphatic heterocycles. The summed E-state index contributed by atoms with van der Waals surface area (Å²) in [5.74, 6) is 0. The van der Waals surface area contributed by atoms with Crippen molar-refractivity contribution < 1.29 is 0 Å². The lowest BCUT2D eigenvalue weighted by Gasteiger charge is -2.34. The zero-order chi connectivity index (χ0) is 11.5. The number of hydrogen-bond acceptors (Lipinski definition) is 2. The predicted molar refractivity (Wildman–Crippen MR) is 70.7 cm³/mol. The number of rotatable bonds is 2. The van der Waals surface area contributed by atoms with Crippen molar-refractivity contribution in [3.63, 3.8) is 0 Å². The normalized spacial score (nSPS) is 25.5. The molecule has 2 aliphatic rings. The van der Waals surface area contributed by atoms with E-state index in [-0.39, 0.29) is 0 Å². The molecule has 1 N–H and O–H groups in total. The van der Waals surface area contributed by atoms with Crippen molar-refractivity contribution >= 4 is 0 Å². The molecule has 0 aromatic heterocycles. The van der Waals surface area contributed by atoms with E-state index in [1.165, 1.54) is 57.2 Å². The van der Waals surface area contributed by atoms with Gasteiger partial charge < -0.3 is 0 Å². The van der Waals surface area contributed by atoms with E-state index in [2.05, 4.69) is 34.7 Å². The molecule has 92 valence electrons. The molecule has 0 saturated carbocycles. The summed E-state index contributed by atoms with van der Waals surface area (Å²) in [5, 5.41) is 2.44. The summed E-state index contributed by atoms with van der Waals surface area (Å²) in [6, 6.07) is 9.49. The van der Waals surface area contributed by atoms with E-state index in [4.69, 9.17) is 0 Å². The molecule has 1 aromatic carbocycles. The summed E-state index contributed by atoms with van der Waals surface area (Å²) in [7, 11) is 0. The largest absolute Gasteiger partial charge is 0.248 e. The van der Waals surface area contributed by atoms with Crippen LogP contribution in [0.5, 0.6) is 0 Å². The fraction of sp³-hybridized carbons (Fsp3) is 0.600. The standard InChI is InChI=1S/C15H22N2/c1-4-11-17(12-5-1)16-15-10-6-8-13-7-2-3-9-14(13)15/h2-3,7,9,15-16H,1,4-6,8,10-12H2. The minimum Gasteiger partial charge on any atom is -0.248 e. The van der Waals surface area contributed by atoms with Crippen LogP contribution in [-0.4, -0.2) is 18.1 Å². The molecule has 17 heavy (non-hydrogen) atoms. The fourth-order valence-electron chi connectivity index (χ4n) is 3.13. The molecule has 0 spiro atoms. The van der Waals surface area contributed by atoms with Gasteiger partial charge in [-0.15, -0.1) is 0 Å². The van der Waals surface area contributed by atoms with Crippen LogP contribution in [0.15, 0.2) is 24.3 Å². The van der Waals surface area contributed by atoms with Crippen molar-refractivity contribution in [2.24, 2.45) is 0 Å². The molecule has 1 unspecified atom stereocenters. The van der Waals surface area contributed by atoms with Crippen molar-refractivity contribution in [2.45, 2.75) is 44.6 Å². The van der Waals surface area contributed by atoms with Crippen LogP contribution in [0.3, 0.4) is 0 Å². The van der Waals surface area contributed by atoms with E-state index in [1.54, 1.807) is 5.56 Å². The quantitative estimate of drug-likeness (QED) is 0.840. The van der Waals surface area contributed by atoms with Gasteiger partial charge in [-0.05, 0) is 43.2 Å². The van der Waals surface area contributed by atoms with Crippen LogP contribution in [-0.2, 0) is 6.42 Å². The van der Waals surface area contributed by atoms with Gasteiger partial charge in [0.25, 0.3) is 0 Å². The summed E-state index contributed by atoms with van der Waals surface area (Å²) in [6.07, 6.45) is 7.96. The number of benzene rings is 1. The summed E-state index contributed by atoms with van der Waals surface area (Å²) in [6.45, 7) is 2.44. The average Bonchev–Trinajstić information content (AvgIpc) is 2.40. The Labute approximate surface area is 104 Å². The highest BCUT2D eigenvalue weighted by Crippen LogP contribution is 2.29. The van der Waals surface area contributed by atoms with E-state index >= 15 is 0 Å². The molecule has 1 atom stereocenters. The maximum atomic E-state index is 3.75. The second-order valence-corrected chi connectivity index (χ2v) is 5.32. The van der Waals surface area contributed by atoms with E-state index in [1.807, 2.05) is 0 Å². The highest BCUT2D eigenvalue weighted by molar-refractivity contribution is 5.31. The van der Waals surface area contributed by atoms with E-state index < -0.39 is 0 Å². The summed E-state index contributed by atoms with van der Waals surface area (Å²) >= 11 is 0. The monoisotopic (exact) mass is 230 g/mol. The third-order valence-electron chi connectivity index (χ3n) is 4.06. The third kappa shape index (κ3) is 2.53. The Bertz CT molecular complexity index is 369. The highest BCUT2D eigenvalue weighted by atomic mass is 15.5. The summed E-state index contributed by atoms with van der Waals surface area (Å²) in [5.41, 5.74) is 6.83. The first-order chi connectivity index (χ1) is 8.43. The zero-order valence-corrected chi connectivity index (χ0v) is 10.5. The van der Waals surface area contributed by atoms with Crippen LogP contribution in [0.25, 0.3) is 0 Å². The zero-order valence-electron chi connectivity index (χ0n) is 10.5. The van der Waals surface area contributed by atoms with Crippen LogP contribution in [0.1, 0.15) is 49.3 Å². The van der Waals surface area contributed by atoms with Gasteiger partial charge in [0, 0.05) is 19.1 Å². The first kappa shape index (κ1) is 11.2. The molecule has 2 nitrogen and oxygen atoms in total. The number of nitrogens with one attached hydrogen (secondary N) is 1. The summed E-state index contributed by atoms with van der Waals surface area (Å²) in [4.78, 5) is 0. The van der Waals surface area contributed by atoms with Gasteiger partial charge in [0.15, 0.2) is 0 Å². The van der Waals surface area contributed by atoms with Gasteiger partial charge >= 0.3 is 0 Å². The molecular weight excluding hydrogens is 208 g/mol. The predicted octanol–water partition coefficient (Wildman–Crippen LogP) is 3.05. The lowest BCUT2D eigenvalue weighted by Crippen LogP contribution is -2.44. The maximum Gasteiger partial charge on any atom is 0.0467 e. The lowest BCUT2D eigenvalue weighted by atomic mass is 9.88. The van der Waals surface area contributed by atoms with Gasteiger partial charge in [-0.3, -0.25) is 0 Å². The van der Waals surface area contributed by atoms with Crippen LogP contribution >= 0.6 is 0 Å². The minimum absolute atomic E-state index is 0.554. The summed E-state index contributed by atoms with van der Waals surface area (Å²) < 4.78 is 0. The molecule has 1 aliphatic carbocycles. The van der Waals surface area contributed by atoms with Gasteiger partial charge in [-0.25, -0.2) is 10.4 Å². The molecule has 3 rings (SSSR count). The minimum atomic E-state index is 0.554. The Morgan fingerprint density at radius 1 is 1.00 bits per heavy atom. The number of hydrazine groups is 1. The Balaban J connectivity index is 1.71. The maximum absolute atomic E-state index is 3.75. The molecule has 0 bridgehead atoms. The van der Waals surface area contributed by atoms with Crippen molar-refractivity contribution in [1.29, 1.82) is 0 Å². The first-order valence-electron chi connectivity index (χ1n) is 7.02. The van der Waals surface area contributed by atoms with Crippen LogP contribution < -0.4 is 5.43 Å². The van der Waals surface area contributed by atoms with Crippen molar-refractivity contribution in [1.82, 2.24) is 10.4 Å². The van der Waals surface area contributed by atoms with Crippen molar-refractivity contribution in [3.05, 3.63) is 35.4 Å². The van der Waals surface area contributed by atoms with Crippen molar-refractivity contribution in [2.75, 3.05) is 13.1 Å².